The quantitative estimate of drug-likeness (QED) is 0.461. The molecule has 1 unspecified atom stereocenters. The summed E-state index contributed by atoms with van der Waals surface area (Å²) in [7, 11) is 0. The van der Waals surface area contributed by atoms with Crippen LogP contribution >= 0.6 is 0 Å². The van der Waals surface area contributed by atoms with Crippen LogP contribution in [0.3, 0.4) is 0 Å². The molecule has 0 bridgehead atoms. The van der Waals surface area contributed by atoms with Crippen LogP contribution in [-0.4, -0.2) is 11.4 Å². The molecule has 1 aromatic rings. The zero-order valence-electron chi connectivity index (χ0n) is 5.90. The molecule has 11 heavy (non-hydrogen) atoms. The highest BCUT2D eigenvalue weighted by Gasteiger charge is 2.21. The van der Waals surface area contributed by atoms with Gasteiger partial charge in [-0.15, -0.1) is 0 Å². The Bertz CT molecular complexity index is 244. The fraction of sp³-hybridized carbons (Fsp3) is 0.125. The first-order valence-corrected chi connectivity index (χ1v) is 3.20. The fourth-order valence-corrected chi connectivity index (χ4v) is 0.773. The number of benzene rings is 1. The molecule has 3 N–H and O–H groups in total. The topological polar surface area (TPSA) is 63.3 Å². The van der Waals surface area contributed by atoms with Crippen LogP contribution < -0.4 is 5.73 Å². The van der Waals surface area contributed by atoms with Crippen molar-refractivity contribution in [1.82, 2.24) is 0 Å². The Kier molecular flexibility index (Phi) is 2.03. The van der Waals surface area contributed by atoms with Crippen molar-refractivity contribution in [3.8, 4) is 0 Å². The van der Waals surface area contributed by atoms with Gasteiger partial charge in [0.1, 0.15) is 0 Å². The molecule has 0 radical (unpaired) electrons. The van der Waals surface area contributed by atoms with Crippen LogP contribution in [0.15, 0.2) is 30.3 Å². The number of carbonyl (C=O) groups excluding carboxylic acids is 1. The van der Waals surface area contributed by atoms with Crippen molar-refractivity contribution < 1.29 is 9.90 Å². The summed E-state index contributed by atoms with van der Waals surface area (Å²) < 4.78 is 0. The van der Waals surface area contributed by atoms with Gasteiger partial charge in [-0.3, -0.25) is 10.5 Å². The van der Waals surface area contributed by atoms with Gasteiger partial charge in [-0.05, 0) is 0 Å². The predicted molar refractivity (Wildman–Crippen MR) is 40.6 cm³/mol. The van der Waals surface area contributed by atoms with Crippen molar-refractivity contribution in [2.24, 2.45) is 5.73 Å². The maximum atomic E-state index is 10.3. The standard InChI is InChI=1S/C8H9NO2/c9-8(11,6-10)7-4-2-1-3-5-7/h1-6,11H,9H2. The second-order valence-electron chi connectivity index (χ2n) is 2.31. The molecule has 1 atom stereocenters. The Hall–Kier alpha value is -1.19. The molecule has 0 amide bonds. The molecule has 3 heteroatoms. The van der Waals surface area contributed by atoms with Crippen molar-refractivity contribution in [1.29, 1.82) is 0 Å². The molecule has 0 spiro atoms. The van der Waals surface area contributed by atoms with Crippen LogP contribution in [0.2, 0.25) is 0 Å². The molecule has 0 aliphatic heterocycles. The lowest BCUT2D eigenvalue weighted by atomic mass is 10.1. The van der Waals surface area contributed by atoms with E-state index in [-0.39, 0.29) is 0 Å². The van der Waals surface area contributed by atoms with Crippen LogP contribution in [-0.2, 0) is 10.5 Å². The van der Waals surface area contributed by atoms with E-state index in [0.29, 0.717) is 11.8 Å². The Balaban J connectivity index is 3.02. The van der Waals surface area contributed by atoms with E-state index in [1.54, 1.807) is 30.3 Å². The van der Waals surface area contributed by atoms with Crippen LogP contribution in [0.4, 0.5) is 0 Å². The van der Waals surface area contributed by atoms with Crippen molar-refractivity contribution >= 4 is 6.29 Å². The normalized spacial score (nSPS) is 15.5. The molecule has 0 heterocycles. The minimum atomic E-state index is -1.85. The summed E-state index contributed by atoms with van der Waals surface area (Å²) in [4.78, 5) is 10.3. The third kappa shape index (κ3) is 1.63. The monoisotopic (exact) mass is 151 g/mol. The summed E-state index contributed by atoms with van der Waals surface area (Å²) in [5.41, 5.74) is 3.78. The molecule has 1 rings (SSSR count). The van der Waals surface area contributed by atoms with Gasteiger partial charge in [0.15, 0.2) is 12.0 Å². The largest absolute Gasteiger partial charge is 0.366 e. The highest BCUT2D eigenvalue weighted by molar-refractivity contribution is 5.64. The number of aliphatic hydroxyl groups is 1. The number of nitrogens with two attached hydrogens (primary N) is 1. The lowest BCUT2D eigenvalue weighted by Crippen LogP contribution is -2.37. The number of rotatable bonds is 2. The van der Waals surface area contributed by atoms with Crippen molar-refractivity contribution in [3.05, 3.63) is 35.9 Å². The molecule has 58 valence electrons. The number of hydrogen-bond acceptors (Lipinski definition) is 3. The summed E-state index contributed by atoms with van der Waals surface area (Å²) in [6.07, 6.45) is 0.308. The van der Waals surface area contributed by atoms with E-state index in [1.165, 1.54) is 0 Å². The number of carbonyl (C=O) groups is 1. The van der Waals surface area contributed by atoms with E-state index in [0.717, 1.165) is 0 Å². The molecule has 3 nitrogen and oxygen atoms in total. The van der Waals surface area contributed by atoms with Crippen LogP contribution in [0, 0.1) is 0 Å². The average Bonchev–Trinajstić information content (AvgIpc) is 2.06. The summed E-state index contributed by atoms with van der Waals surface area (Å²) in [6, 6.07) is 8.38. The van der Waals surface area contributed by atoms with Gasteiger partial charge in [-0.2, -0.15) is 0 Å². The van der Waals surface area contributed by atoms with Crippen molar-refractivity contribution in [2.45, 2.75) is 5.72 Å². The van der Waals surface area contributed by atoms with Gasteiger partial charge in [-0.1, -0.05) is 30.3 Å². The van der Waals surface area contributed by atoms with Crippen molar-refractivity contribution in [2.75, 3.05) is 0 Å². The highest BCUT2D eigenvalue weighted by Crippen LogP contribution is 2.10. The van der Waals surface area contributed by atoms with Gasteiger partial charge in [0.2, 0.25) is 0 Å². The van der Waals surface area contributed by atoms with E-state index in [4.69, 9.17) is 5.73 Å². The van der Waals surface area contributed by atoms with Gasteiger partial charge >= 0.3 is 0 Å². The Labute approximate surface area is 64.5 Å². The third-order valence-electron chi connectivity index (χ3n) is 1.42. The van der Waals surface area contributed by atoms with E-state index in [1.807, 2.05) is 0 Å². The molecular weight excluding hydrogens is 142 g/mol. The third-order valence-corrected chi connectivity index (χ3v) is 1.42. The van der Waals surface area contributed by atoms with Crippen LogP contribution in [0.25, 0.3) is 0 Å². The summed E-state index contributed by atoms with van der Waals surface area (Å²) in [5, 5.41) is 9.20. The molecule has 0 aliphatic rings. The minimum absolute atomic E-state index is 0.308. The summed E-state index contributed by atoms with van der Waals surface area (Å²) in [5.74, 6) is 0. The van der Waals surface area contributed by atoms with E-state index in [9.17, 15) is 9.90 Å². The Morgan fingerprint density at radius 1 is 1.36 bits per heavy atom. The van der Waals surface area contributed by atoms with Gasteiger partial charge in [-0.25, -0.2) is 0 Å². The van der Waals surface area contributed by atoms with Gasteiger partial charge in [0.05, 0.1) is 0 Å². The van der Waals surface area contributed by atoms with Gasteiger partial charge in [0.25, 0.3) is 0 Å². The summed E-state index contributed by atoms with van der Waals surface area (Å²) >= 11 is 0. The van der Waals surface area contributed by atoms with E-state index in [2.05, 4.69) is 0 Å². The highest BCUT2D eigenvalue weighted by atomic mass is 16.3. The fourth-order valence-electron chi connectivity index (χ4n) is 0.773. The maximum absolute atomic E-state index is 10.3. The zero-order valence-corrected chi connectivity index (χ0v) is 5.90. The number of hydrogen-bond donors (Lipinski definition) is 2. The first-order valence-electron chi connectivity index (χ1n) is 3.20. The van der Waals surface area contributed by atoms with Gasteiger partial charge in [0, 0.05) is 5.56 Å². The second kappa shape index (κ2) is 2.82. The molecule has 0 aliphatic carbocycles. The first kappa shape index (κ1) is 7.91. The molecule has 0 aromatic heterocycles. The molecule has 0 saturated heterocycles. The van der Waals surface area contributed by atoms with Gasteiger partial charge < -0.3 is 5.11 Å². The van der Waals surface area contributed by atoms with E-state index < -0.39 is 5.72 Å². The molecule has 0 fully saturated rings. The second-order valence-corrected chi connectivity index (χ2v) is 2.31. The molecule has 1 aromatic carbocycles. The minimum Gasteiger partial charge on any atom is -0.366 e. The van der Waals surface area contributed by atoms with E-state index >= 15 is 0 Å². The first-order chi connectivity index (χ1) is 5.17. The maximum Gasteiger partial charge on any atom is 0.196 e. The summed E-state index contributed by atoms with van der Waals surface area (Å²) in [6.45, 7) is 0. The Morgan fingerprint density at radius 2 is 1.91 bits per heavy atom. The smallest absolute Gasteiger partial charge is 0.196 e. The lowest BCUT2D eigenvalue weighted by Gasteiger charge is -2.14. The SMILES string of the molecule is NC(O)(C=O)c1ccccc1. The van der Waals surface area contributed by atoms with Crippen molar-refractivity contribution in [3.63, 3.8) is 0 Å². The average molecular weight is 151 g/mol. The molecule has 0 saturated carbocycles. The van der Waals surface area contributed by atoms with Crippen LogP contribution in [0.5, 0.6) is 0 Å². The van der Waals surface area contributed by atoms with Crippen LogP contribution in [0.1, 0.15) is 5.56 Å². The number of aldehydes is 1. The predicted octanol–water partition coefficient (Wildman–Crippen LogP) is -0.0107. The Morgan fingerprint density at radius 3 is 2.36 bits per heavy atom. The molecular formula is C8H9NO2. The lowest BCUT2D eigenvalue weighted by molar-refractivity contribution is -0.124. The zero-order chi connectivity index (χ0) is 8.32.